The highest BCUT2D eigenvalue weighted by Gasteiger charge is 2.21. The van der Waals surface area contributed by atoms with E-state index in [1.807, 2.05) is 4.57 Å². The van der Waals surface area contributed by atoms with Crippen LogP contribution in [0, 0.1) is 0 Å². The summed E-state index contributed by atoms with van der Waals surface area (Å²) >= 11 is 0. The fourth-order valence-corrected chi connectivity index (χ4v) is 2.96. The molecule has 0 atom stereocenters. The summed E-state index contributed by atoms with van der Waals surface area (Å²) in [6.45, 7) is 4.10. The zero-order chi connectivity index (χ0) is 16.1. The van der Waals surface area contributed by atoms with Crippen molar-refractivity contribution in [2.75, 3.05) is 40.9 Å². The molecule has 2 heterocycles. The molecule has 0 radical (unpaired) electrons. The highest BCUT2D eigenvalue weighted by Crippen LogP contribution is 2.17. The lowest BCUT2D eigenvalue weighted by atomic mass is 10.0. The standard InChI is InChI=1S/C16H27N3O3/c1-17-6-4-13(5-7-17)18(2)11-14-10-15(20)16(21)12-19(14)8-9-22-3/h10,12-13,21H,4-9,11H2,1-3H3. The number of ether oxygens (including phenoxy) is 1. The van der Waals surface area contributed by atoms with Gasteiger partial charge >= 0.3 is 0 Å². The second-order valence-electron chi connectivity index (χ2n) is 6.15. The van der Waals surface area contributed by atoms with E-state index in [0.717, 1.165) is 31.6 Å². The number of piperidine rings is 1. The SMILES string of the molecule is COCCn1cc(O)c(=O)cc1CN(C)C1CCN(C)CC1. The van der Waals surface area contributed by atoms with Gasteiger partial charge in [-0.3, -0.25) is 9.69 Å². The molecule has 0 bridgehead atoms. The normalized spacial score (nSPS) is 17.3. The van der Waals surface area contributed by atoms with Crippen molar-refractivity contribution in [3.63, 3.8) is 0 Å². The molecule has 2 rings (SSSR count). The van der Waals surface area contributed by atoms with Crippen LogP contribution in [0.5, 0.6) is 5.75 Å². The molecule has 0 aliphatic carbocycles. The highest BCUT2D eigenvalue weighted by atomic mass is 16.5. The van der Waals surface area contributed by atoms with Gasteiger partial charge < -0.3 is 19.3 Å². The van der Waals surface area contributed by atoms with Crippen LogP contribution in [-0.2, 0) is 17.8 Å². The van der Waals surface area contributed by atoms with Crippen LogP contribution in [0.2, 0.25) is 0 Å². The molecule has 0 aromatic carbocycles. The number of aromatic hydroxyl groups is 1. The van der Waals surface area contributed by atoms with Gasteiger partial charge in [0.25, 0.3) is 0 Å². The molecule has 0 saturated carbocycles. The van der Waals surface area contributed by atoms with E-state index in [-0.39, 0.29) is 11.2 Å². The number of hydrogen-bond acceptors (Lipinski definition) is 5. The smallest absolute Gasteiger partial charge is 0.223 e. The number of nitrogens with zero attached hydrogens (tertiary/aromatic N) is 3. The molecule has 1 fully saturated rings. The van der Waals surface area contributed by atoms with Crippen molar-refractivity contribution < 1.29 is 9.84 Å². The first-order valence-electron chi connectivity index (χ1n) is 7.81. The minimum absolute atomic E-state index is 0.207. The zero-order valence-electron chi connectivity index (χ0n) is 13.8. The molecular weight excluding hydrogens is 282 g/mol. The van der Waals surface area contributed by atoms with Crippen molar-refractivity contribution in [2.24, 2.45) is 0 Å². The summed E-state index contributed by atoms with van der Waals surface area (Å²) in [5.74, 6) is -0.207. The predicted molar refractivity (Wildman–Crippen MR) is 86.2 cm³/mol. The molecule has 1 aromatic heterocycles. The average Bonchev–Trinajstić information content (AvgIpc) is 2.50. The van der Waals surface area contributed by atoms with Crippen LogP contribution in [0.15, 0.2) is 17.1 Å². The van der Waals surface area contributed by atoms with Gasteiger partial charge in [-0.15, -0.1) is 0 Å². The lowest BCUT2D eigenvalue weighted by molar-refractivity contribution is 0.135. The Morgan fingerprint density at radius 1 is 1.41 bits per heavy atom. The molecule has 0 spiro atoms. The number of pyridine rings is 1. The van der Waals surface area contributed by atoms with E-state index >= 15 is 0 Å². The van der Waals surface area contributed by atoms with Gasteiger partial charge in [-0.25, -0.2) is 0 Å². The molecule has 1 aliphatic rings. The largest absolute Gasteiger partial charge is 0.503 e. The van der Waals surface area contributed by atoms with Crippen molar-refractivity contribution >= 4 is 0 Å². The fourth-order valence-electron chi connectivity index (χ4n) is 2.96. The average molecular weight is 309 g/mol. The number of hydrogen-bond donors (Lipinski definition) is 1. The molecular formula is C16H27N3O3. The molecule has 0 unspecified atom stereocenters. The van der Waals surface area contributed by atoms with Crippen LogP contribution in [0.4, 0.5) is 0 Å². The van der Waals surface area contributed by atoms with E-state index in [1.165, 1.54) is 12.3 Å². The summed E-state index contributed by atoms with van der Waals surface area (Å²) in [6.07, 6.45) is 3.81. The van der Waals surface area contributed by atoms with Gasteiger partial charge in [-0.2, -0.15) is 0 Å². The van der Waals surface area contributed by atoms with E-state index in [2.05, 4.69) is 23.9 Å². The van der Waals surface area contributed by atoms with Gasteiger partial charge in [0.1, 0.15) is 0 Å². The lowest BCUT2D eigenvalue weighted by Crippen LogP contribution is -2.42. The van der Waals surface area contributed by atoms with Crippen molar-refractivity contribution in [2.45, 2.75) is 32.0 Å². The molecule has 1 saturated heterocycles. The Morgan fingerprint density at radius 3 is 2.73 bits per heavy atom. The van der Waals surface area contributed by atoms with Crippen molar-refractivity contribution in [3.8, 4) is 5.75 Å². The molecule has 6 heteroatoms. The Morgan fingerprint density at radius 2 is 2.09 bits per heavy atom. The highest BCUT2D eigenvalue weighted by molar-refractivity contribution is 5.20. The second kappa shape index (κ2) is 7.76. The maximum Gasteiger partial charge on any atom is 0.223 e. The van der Waals surface area contributed by atoms with E-state index in [0.29, 0.717) is 25.7 Å². The third-order valence-electron chi connectivity index (χ3n) is 4.46. The Labute approximate surface area is 131 Å². The summed E-state index contributed by atoms with van der Waals surface area (Å²) in [4.78, 5) is 16.4. The first-order chi connectivity index (χ1) is 10.5. The molecule has 1 N–H and O–H groups in total. The van der Waals surface area contributed by atoms with Gasteiger partial charge in [-0.05, 0) is 40.0 Å². The zero-order valence-corrected chi connectivity index (χ0v) is 13.8. The summed E-state index contributed by atoms with van der Waals surface area (Å²) in [6, 6.07) is 2.08. The first-order valence-corrected chi connectivity index (χ1v) is 7.81. The van der Waals surface area contributed by atoms with Crippen LogP contribution in [0.1, 0.15) is 18.5 Å². The Balaban J connectivity index is 2.10. The predicted octanol–water partition coefficient (Wildman–Crippen LogP) is 0.726. The van der Waals surface area contributed by atoms with Gasteiger partial charge in [0.05, 0.1) is 12.8 Å². The third kappa shape index (κ3) is 4.32. The van der Waals surface area contributed by atoms with Crippen molar-refractivity contribution in [3.05, 3.63) is 28.2 Å². The van der Waals surface area contributed by atoms with E-state index in [9.17, 15) is 9.90 Å². The van der Waals surface area contributed by atoms with Crippen molar-refractivity contribution in [1.82, 2.24) is 14.4 Å². The van der Waals surface area contributed by atoms with E-state index in [4.69, 9.17) is 4.74 Å². The maximum atomic E-state index is 11.7. The fraction of sp³-hybridized carbons (Fsp3) is 0.688. The van der Waals surface area contributed by atoms with E-state index < -0.39 is 0 Å². The molecule has 6 nitrogen and oxygen atoms in total. The summed E-state index contributed by atoms with van der Waals surface area (Å²) in [7, 11) is 5.90. The lowest BCUT2D eigenvalue weighted by Gasteiger charge is -2.35. The number of rotatable bonds is 6. The topological polar surface area (TPSA) is 57.9 Å². The number of aromatic nitrogens is 1. The van der Waals surface area contributed by atoms with Crippen molar-refractivity contribution in [1.29, 1.82) is 0 Å². The Bertz CT molecular complexity index is 536. The van der Waals surface area contributed by atoms with Gasteiger partial charge in [0.15, 0.2) is 5.75 Å². The summed E-state index contributed by atoms with van der Waals surface area (Å²) in [5.41, 5.74) is 0.599. The van der Waals surface area contributed by atoms with Crippen LogP contribution in [-0.4, -0.2) is 66.4 Å². The minimum atomic E-state index is -0.319. The quantitative estimate of drug-likeness (QED) is 0.839. The van der Waals surface area contributed by atoms with Gasteiger partial charge in [0.2, 0.25) is 5.43 Å². The van der Waals surface area contributed by atoms with Gasteiger partial charge in [0, 0.05) is 38.0 Å². The molecule has 0 amide bonds. The maximum absolute atomic E-state index is 11.7. The molecule has 124 valence electrons. The first kappa shape index (κ1) is 17.0. The van der Waals surface area contributed by atoms with E-state index in [1.54, 1.807) is 7.11 Å². The second-order valence-corrected chi connectivity index (χ2v) is 6.15. The Kier molecular flexibility index (Phi) is 5.99. The van der Waals surface area contributed by atoms with Crippen LogP contribution >= 0.6 is 0 Å². The third-order valence-corrected chi connectivity index (χ3v) is 4.46. The van der Waals surface area contributed by atoms with Crippen LogP contribution < -0.4 is 5.43 Å². The Hall–Kier alpha value is -1.37. The monoisotopic (exact) mass is 309 g/mol. The summed E-state index contributed by atoms with van der Waals surface area (Å²) in [5, 5.41) is 9.64. The van der Waals surface area contributed by atoms with Gasteiger partial charge in [-0.1, -0.05) is 0 Å². The number of likely N-dealkylation sites (tertiary alicyclic amines) is 1. The van der Waals surface area contributed by atoms with Crippen LogP contribution in [0.3, 0.4) is 0 Å². The minimum Gasteiger partial charge on any atom is -0.503 e. The molecule has 22 heavy (non-hydrogen) atoms. The number of methoxy groups -OCH3 is 1. The molecule has 1 aliphatic heterocycles. The summed E-state index contributed by atoms with van der Waals surface area (Å²) < 4.78 is 7.01. The van der Waals surface area contributed by atoms with Crippen LogP contribution in [0.25, 0.3) is 0 Å². The molecule has 1 aromatic rings.